The maximum absolute atomic E-state index is 6.58. The SMILES string of the molecule is COc1ccc(C(Cl)c2cc(C)ccc2C)cc1Cl. The highest BCUT2D eigenvalue weighted by Crippen LogP contribution is 2.35. The molecule has 1 atom stereocenters. The first-order chi connectivity index (χ1) is 9.02. The summed E-state index contributed by atoms with van der Waals surface area (Å²) in [5, 5.41) is 0.374. The second-order valence-electron chi connectivity index (χ2n) is 4.62. The van der Waals surface area contributed by atoms with Gasteiger partial charge in [-0.3, -0.25) is 0 Å². The van der Waals surface area contributed by atoms with Crippen molar-refractivity contribution in [2.45, 2.75) is 19.2 Å². The lowest BCUT2D eigenvalue weighted by Gasteiger charge is -2.15. The molecular formula is C16H16Cl2O. The predicted molar refractivity (Wildman–Crippen MR) is 81.6 cm³/mol. The summed E-state index contributed by atoms with van der Waals surface area (Å²) >= 11 is 12.7. The van der Waals surface area contributed by atoms with E-state index >= 15 is 0 Å². The summed E-state index contributed by atoms with van der Waals surface area (Å²) < 4.78 is 5.15. The van der Waals surface area contributed by atoms with Crippen LogP contribution in [0.25, 0.3) is 0 Å². The zero-order valence-corrected chi connectivity index (χ0v) is 12.7. The Balaban J connectivity index is 2.41. The molecule has 0 spiro atoms. The molecule has 3 heteroatoms. The molecule has 0 aliphatic rings. The molecule has 0 aromatic heterocycles. The van der Waals surface area contributed by atoms with E-state index < -0.39 is 0 Å². The molecule has 0 saturated heterocycles. The van der Waals surface area contributed by atoms with Crippen molar-refractivity contribution in [1.29, 1.82) is 0 Å². The Morgan fingerprint density at radius 2 is 1.79 bits per heavy atom. The Labute approximate surface area is 124 Å². The third kappa shape index (κ3) is 3.05. The molecule has 0 aliphatic heterocycles. The molecule has 0 aliphatic carbocycles. The van der Waals surface area contributed by atoms with E-state index in [0.29, 0.717) is 10.8 Å². The van der Waals surface area contributed by atoms with Crippen LogP contribution in [0.1, 0.15) is 27.6 Å². The van der Waals surface area contributed by atoms with Gasteiger partial charge in [0.1, 0.15) is 5.75 Å². The molecular weight excluding hydrogens is 279 g/mol. The van der Waals surface area contributed by atoms with Crippen molar-refractivity contribution in [2.75, 3.05) is 7.11 Å². The van der Waals surface area contributed by atoms with Gasteiger partial charge in [-0.1, -0.05) is 41.4 Å². The molecule has 0 radical (unpaired) electrons. The number of halogens is 2. The van der Waals surface area contributed by atoms with E-state index in [0.717, 1.165) is 11.1 Å². The highest BCUT2D eigenvalue weighted by atomic mass is 35.5. The van der Waals surface area contributed by atoms with Gasteiger partial charge in [0.25, 0.3) is 0 Å². The lowest BCUT2D eigenvalue weighted by atomic mass is 9.98. The van der Waals surface area contributed by atoms with Gasteiger partial charge < -0.3 is 4.74 Å². The Morgan fingerprint density at radius 3 is 2.42 bits per heavy atom. The van der Waals surface area contributed by atoms with E-state index in [1.165, 1.54) is 11.1 Å². The Bertz CT molecular complexity index is 593. The molecule has 0 bridgehead atoms. The summed E-state index contributed by atoms with van der Waals surface area (Å²) in [6.45, 7) is 4.13. The lowest BCUT2D eigenvalue weighted by molar-refractivity contribution is 0.415. The summed E-state index contributed by atoms with van der Waals surface area (Å²) in [5.74, 6) is 0.662. The van der Waals surface area contributed by atoms with Gasteiger partial charge in [-0.05, 0) is 42.7 Å². The van der Waals surface area contributed by atoms with E-state index in [-0.39, 0.29) is 5.38 Å². The van der Waals surface area contributed by atoms with Crippen molar-refractivity contribution in [3.8, 4) is 5.75 Å². The highest BCUT2D eigenvalue weighted by Gasteiger charge is 2.15. The average molecular weight is 295 g/mol. The normalized spacial score (nSPS) is 12.3. The van der Waals surface area contributed by atoms with Gasteiger partial charge in [0.2, 0.25) is 0 Å². The topological polar surface area (TPSA) is 9.23 Å². The van der Waals surface area contributed by atoms with Crippen molar-refractivity contribution < 1.29 is 4.74 Å². The minimum atomic E-state index is -0.205. The molecule has 1 nitrogen and oxygen atoms in total. The first-order valence-corrected chi connectivity index (χ1v) is 6.89. The average Bonchev–Trinajstić information content (AvgIpc) is 2.40. The molecule has 0 N–H and O–H groups in total. The Kier molecular flexibility index (Phi) is 4.38. The molecule has 0 heterocycles. The fraction of sp³-hybridized carbons (Fsp3) is 0.250. The van der Waals surface area contributed by atoms with E-state index in [1.807, 2.05) is 18.2 Å². The van der Waals surface area contributed by atoms with Crippen molar-refractivity contribution in [2.24, 2.45) is 0 Å². The number of rotatable bonds is 3. The van der Waals surface area contributed by atoms with E-state index in [4.69, 9.17) is 27.9 Å². The van der Waals surface area contributed by atoms with Crippen LogP contribution in [-0.4, -0.2) is 7.11 Å². The van der Waals surface area contributed by atoms with Crippen LogP contribution in [0.4, 0.5) is 0 Å². The van der Waals surface area contributed by atoms with Gasteiger partial charge in [-0.15, -0.1) is 11.6 Å². The highest BCUT2D eigenvalue weighted by molar-refractivity contribution is 6.32. The van der Waals surface area contributed by atoms with Crippen LogP contribution in [0.15, 0.2) is 36.4 Å². The minimum absolute atomic E-state index is 0.205. The Hall–Kier alpha value is -1.18. The maximum atomic E-state index is 6.58. The molecule has 2 aromatic rings. The monoisotopic (exact) mass is 294 g/mol. The van der Waals surface area contributed by atoms with Crippen LogP contribution in [0.2, 0.25) is 5.02 Å². The predicted octanol–water partition coefficient (Wildman–Crippen LogP) is 5.29. The first-order valence-electron chi connectivity index (χ1n) is 6.07. The molecule has 2 rings (SSSR count). The Morgan fingerprint density at radius 1 is 1.05 bits per heavy atom. The second-order valence-corrected chi connectivity index (χ2v) is 5.46. The smallest absolute Gasteiger partial charge is 0.137 e. The van der Waals surface area contributed by atoms with Crippen molar-refractivity contribution in [3.63, 3.8) is 0 Å². The number of aryl methyl sites for hydroxylation is 2. The fourth-order valence-corrected chi connectivity index (χ4v) is 2.69. The quantitative estimate of drug-likeness (QED) is 0.699. The van der Waals surface area contributed by atoms with Crippen LogP contribution in [0.5, 0.6) is 5.75 Å². The molecule has 0 saturated carbocycles. The van der Waals surface area contributed by atoms with E-state index in [9.17, 15) is 0 Å². The van der Waals surface area contributed by atoms with Gasteiger partial charge in [0, 0.05) is 0 Å². The second kappa shape index (κ2) is 5.85. The van der Waals surface area contributed by atoms with Gasteiger partial charge in [-0.2, -0.15) is 0 Å². The molecule has 0 fully saturated rings. The molecule has 100 valence electrons. The largest absolute Gasteiger partial charge is 0.495 e. The number of ether oxygens (including phenoxy) is 1. The molecule has 19 heavy (non-hydrogen) atoms. The third-order valence-corrected chi connectivity index (χ3v) is 3.96. The maximum Gasteiger partial charge on any atom is 0.137 e. The molecule has 0 amide bonds. The van der Waals surface area contributed by atoms with Crippen LogP contribution < -0.4 is 4.74 Å². The standard InChI is InChI=1S/C16H16Cl2O/c1-10-4-5-11(2)13(8-10)16(18)12-6-7-15(19-3)14(17)9-12/h4-9,16H,1-3H3. The minimum Gasteiger partial charge on any atom is -0.495 e. The van der Waals surface area contributed by atoms with Gasteiger partial charge in [-0.25, -0.2) is 0 Å². The summed E-state index contributed by atoms with van der Waals surface area (Å²) in [6.07, 6.45) is 0. The van der Waals surface area contributed by atoms with Crippen LogP contribution in [0.3, 0.4) is 0 Å². The molecule has 2 aromatic carbocycles. The summed E-state index contributed by atoms with van der Waals surface area (Å²) in [6, 6.07) is 11.9. The number of alkyl halides is 1. The summed E-state index contributed by atoms with van der Waals surface area (Å²) in [4.78, 5) is 0. The summed E-state index contributed by atoms with van der Waals surface area (Å²) in [7, 11) is 1.60. The lowest BCUT2D eigenvalue weighted by Crippen LogP contribution is -1.97. The van der Waals surface area contributed by atoms with Crippen molar-refractivity contribution in [1.82, 2.24) is 0 Å². The van der Waals surface area contributed by atoms with Gasteiger partial charge in [0.05, 0.1) is 17.5 Å². The third-order valence-electron chi connectivity index (χ3n) is 3.18. The molecule has 1 unspecified atom stereocenters. The zero-order valence-electron chi connectivity index (χ0n) is 11.2. The number of hydrogen-bond acceptors (Lipinski definition) is 1. The number of hydrogen-bond donors (Lipinski definition) is 0. The van der Waals surface area contributed by atoms with E-state index in [2.05, 4.69) is 32.0 Å². The number of benzene rings is 2. The number of methoxy groups -OCH3 is 1. The van der Waals surface area contributed by atoms with Crippen LogP contribution >= 0.6 is 23.2 Å². The first kappa shape index (κ1) is 14.2. The summed E-state index contributed by atoms with van der Waals surface area (Å²) in [5.41, 5.74) is 4.47. The zero-order chi connectivity index (χ0) is 14.0. The van der Waals surface area contributed by atoms with Crippen molar-refractivity contribution >= 4 is 23.2 Å². The van der Waals surface area contributed by atoms with Gasteiger partial charge >= 0.3 is 0 Å². The van der Waals surface area contributed by atoms with Gasteiger partial charge in [0.15, 0.2) is 0 Å². The van der Waals surface area contributed by atoms with Crippen LogP contribution in [0, 0.1) is 13.8 Å². The van der Waals surface area contributed by atoms with Crippen molar-refractivity contribution in [3.05, 3.63) is 63.7 Å². The fourth-order valence-electron chi connectivity index (χ4n) is 2.05. The van der Waals surface area contributed by atoms with Crippen LogP contribution in [-0.2, 0) is 0 Å². The van der Waals surface area contributed by atoms with E-state index in [1.54, 1.807) is 7.11 Å².